The number of nitrogens with one attached hydrogen (secondary N) is 1. The monoisotopic (exact) mass is 349 g/mol. The van der Waals surface area contributed by atoms with Gasteiger partial charge in [0, 0.05) is 5.88 Å². The minimum absolute atomic E-state index is 0.0105. The predicted molar refractivity (Wildman–Crippen MR) is 80.8 cm³/mol. The van der Waals surface area contributed by atoms with Crippen LogP contribution in [0, 0.1) is 6.92 Å². The maximum Gasteiger partial charge on any atom is 0.261 e. The number of thiophene rings is 1. The number of halogens is 2. The van der Waals surface area contributed by atoms with Gasteiger partial charge in [-0.15, -0.1) is 22.9 Å². The SMILES string of the molecule is Cc1cc(C(=O)NC2(CCl)CCCCC2)sc1Br. The Bertz CT molecular complexity index is 421. The second-order valence-corrected chi connectivity index (χ2v) is 7.63. The van der Waals surface area contributed by atoms with E-state index in [1.807, 2.05) is 13.0 Å². The molecule has 0 bridgehead atoms. The fourth-order valence-corrected chi connectivity index (χ4v) is 4.16. The van der Waals surface area contributed by atoms with E-state index in [-0.39, 0.29) is 11.4 Å². The lowest BCUT2D eigenvalue weighted by Gasteiger charge is -2.36. The number of carbonyl (C=O) groups excluding carboxylic acids is 1. The Morgan fingerprint density at radius 1 is 1.50 bits per heavy atom. The first-order valence-corrected chi connectivity index (χ1v) is 8.35. The van der Waals surface area contributed by atoms with Gasteiger partial charge in [-0.1, -0.05) is 19.3 Å². The molecule has 0 unspecified atom stereocenters. The van der Waals surface area contributed by atoms with Crippen LogP contribution in [0.15, 0.2) is 9.85 Å². The van der Waals surface area contributed by atoms with Gasteiger partial charge in [-0.2, -0.15) is 0 Å². The predicted octanol–water partition coefficient (Wildman–Crippen LogP) is 4.49. The van der Waals surface area contributed by atoms with E-state index in [0.717, 1.165) is 39.9 Å². The van der Waals surface area contributed by atoms with Crippen molar-refractivity contribution in [2.45, 2.75) is 44.6 Å². The number of aryl methyl sites for hydroxylation is 1. The third-order valence-corrected chi connectivity index (χ3v) is 6.17. The summed E-state index contributed by atoms with van der Waals surface area (Å²) in [5, 5.41) is 3.16. The van der Waals surface area contributed by atoms with E-state index in [1.54, 1.807) is 0 Å². The van der Waals surface area contributed by atoms with E-state index < -0.39 is 0 Å². The lowest BCUT2D eigenvalue weighted by atomic mass is 9.83. The average molecular weight is 351 g/mol. The molecule has 1 aromatic heterocycles. The van der Waals surface area contributed by atoms with Crippen molar-refractivity contribution in [3.05, 3.63) is 20.3 Å². The normalized spacial score (nSPS) is 18.6. The maximum atomic E-state index is 12.3. The Balaban J connectivity index is 2.09. The van der Waals surface area contributed by atoms with Crippen LogP contribution in [0.5, 0.6) is 0 Å². The molecule has 1 fully saturated rings. The van der Waals surface area contributed by atoms with Gasteiger partial charge in [0.15, 0.2) is 0 Å². The standard InChI is InChI=1S/C13H17BrClNOS/c1-9-7-10(18-11(9)14)12(17)16-13(8-15)5-3-2-4-6-13/h7H,2-6,8H2,1H3,(H,16,17). The summed E-state index contributed by atoms with van der Waals surface area (Å²) in [5.41, 5.74) is 0.912. The van der Waals surface area contributed by atoms with Crippen LogP contribution in [-0.4, -0.2) is 17.3 Å². The molecule has 1 N–H and O–H groups in total. The van der Waals surface area contributed by atoms with Crippen LogP contribution in [0.1, 0.15) is 47.3 Å². The lowest BCUT2D eigenvalue weighted by molar-refractivity contribution is 0.0889. The second kappa shape index (κ2) is 5.93. The molecule has 2 rings (SSSR count). The smallest absolute Gasteiger partial charge is 0.261 e. The van der Waals surface area contributed by atoms with E-state index in [0.29, 0.717) is 5.88 Å². The molecule has 2 nitrogen and oxygen atoms in total. The lowest BCUT2D eigenvalue weighted by Crippen LogP contribution is -2.51. The fraction of sp³-hybridized carbons (Fsp3) is 0.615. The largest absolute Gasteiger partial charge is 0.345 e. The summed E-state index contributed by atoms with van der Waals surface area (Å²) in [6, 6.07) is 1.93. The van der Waals surface area contributed by atoms with Gasteiger partial charge in [-0.05, 0) is 47.3 Å². The molecule has 0 spiro atoms. The van der Waals surface area contributed by atoms with Crippen molar-refractivity contribution < 1.29 is 4.79 Å². The zero-order valence-corrected chi connectivity index (χ0v) is 13.6. The number of hydrogen-bond acceptors (Lipinski definition) is 2. The van der Waals surface area contributed by atoms with Crippen molar-refractivity contribution in [1.82, 2.24) is 5.32 Å². The Kier molecular flexibility index (Phi) is 4.73. The van der Waals surface area contributed by atoms with Crippen LogP contribution in [0.25, 0.3) is 0 Å². The van der Waals surface area contributed by atoms with Crippen LogP contribution in [0.2, 0.25) is 0 Å². The molecule has 100 valence electrons. The van der Waals surface area contributed by atoms with Crippen LogP contribution in [0.4, 0.5) is 0 Å². The van der Waals surface area contributed by atoms with Crippen molar-refractivity contribution in [3.63, 3.8) is 0 Å². The molecule has 0 radical (unpaired) electrons. The van der Waals surface area contributed by atoms with E-state index >= 15 is 0 Å². The van der Waals surface area contributed by atoms with Crippen LogP contribution >= 0.6 is 38.9 Å². The minimum Gasteiger partial charge on any atom is -0.345 e. The molecular weight excluding hydrogens is 334 g/mol. The fourth-order valence-electron chi connectivity index (χ4n) is 2.39. The van der Waals surface area contributed by atoms with Gasteiger partial charge in [0.25, 0.3) is 5.91 Å². The van der Waals surface area contributed by atoms with Gasteiger partial charge in [-0.25, -0.2) is 0 Å². The van der Waals surface area contributed by atoms with Crippen molar-refractivity contribution in [3.8, 4) is 0 Å². The van der Waals surface area contributed by atoms with Crippen molar-refractivity contribution >= 4 is 44.8 Å². The average Bonchev–Trinajstić information content (AvgIpc) is 2.71. The molecule has 0 aromatic carbocycles. The summed E-state index contributed by atoms with van der Waals surface area (Å²) in [6.45, 7) is 2.00. The summed E-state index contributed by atoms with van der Waals surface area (Å²) in [4.78, 5) is 13.0. The highest BCUT2D eigenvalue weighted by Crippen LogP contribution is 2.31. The zero-order chi connectivity index (χ0) is 13.2. The second-order valence-electron chi connectivity index (χ2n) is 5.00. The first-order valence-electron chi connectivity index (χ1n) is 6.21. The summed E-state index contributed by atoms with van der Waals surface area (Å²) in [6.07, 6.45) is 5.54. The maximum absolute atomic E-state index is 12.3. The van der Waals surface area contributed by atoms with Crippen LogP contribution in [-0.2, 0) is 0 Å². The van der Waals surface area contributed by atoms with Crippen molar-refractivity contribution in [1.29, 1.82) is 0 Å². The van der Waals surface area contributed by atoms with Gasteiger partial charge >= 0.3 is 0 Å². The quantitative estimate of drug-likeness (QED) is 0.800. The zero-order valence-electron chi connectivity index (χ0n) is 10.4. The molecule has 1 saturated carbocycles. The van der Waals surface area contributed by atoms with Crippen molar-refractivity contribution in [2.24, 2.45) is 0 Å². The van der Waals surface area contributed by atoms with Crippen LogP contribution in [0.3, 0.4) is 0 Å². The highest BCUT2D eigenvalue weighted by molar-refractivity contribution is 9.11. The molecule has 0 atom stereocenters. The van der Waals surface area contributed by atoms with E-state index in [9.17, 15) is 4.79 Å². The van der Waals surface area contributed by atoms with Crippen molar-refractivity contribution in [2.75, 3.05) is 5.88 Å². The van der Waals surface area contributed by atoms with E-state index in [2.05, 4.69) is 21.2 Å². The molecule has 0 aliphatic heterocycles. The Labute approximate surface area is 125 Å². The van der Waals surface area contributed by atoms with E-state index in [4.69, 9.17) is 11.6 Å². The number of amides is 1. The summed E-state index contributed by atoms with van der Waals surface area (Å²) in [7, 11) is 0. The number of carbonyl (C=O) groups is 1. The third-order valence-electron chi connectivity index (χ3n) is 3.53. The van der Waals surface area contributed by atoms with E-state index in [1.165, 1.54) is 17.8 Å². The molecule has 5 heteroatoms. The Morgan fingerprint density at radius 2 is 2.17 bits per heavy atom. The molecule has 1 heterocycles. The Morgan fingerprint density at radius 3 is 2.67 bits per heavy atom. The summed E-state index contributed by atoms with van der Waals surface area (Å²) < 4.78 is 1.02. The highest BCUT2D eigenvalue weighted by Gasteiger charge is 2.33. The molecule has 1 amide bonds. The Hall–Kier alpha value is -0.0600. The van der Waals surface area contributed by atoms with Gasteiger partial charge in [-0.3, -0.25) is 4.79 Å². The molecular formula is C13H17BrClNOS. The van der Waals surface area contributed by atoms with Gasteiger partial charge in [0.05, 0.1) is 14.2 Å². The van der Waals surface area contributed by atoms with Gasteiger partial charge < -0.3 is 5.32 Å². The number of hydrogen-bond donors (Lipinski definition) is 1. The van der Waals surface area contributed by atoms with Gasteiger partial charge in [0.1, 0.15) is 0 Å². The molecule has 18 heavy (non-hydrogen) atoms. The van der Waals surface area contributed by atoms with Crippen LogP contribution < -0.4 is 5.32 Å². The first kappa shape index (κ1) is 14.4. The highest BCUT2D eigenvalue weighted by atomic mass is 79.9. The van der Waals surface area contributed by atoms with Gasteiger partial charge in [0.2, 0.25) is 0 Å². The minimum atomic E-state index is -0.193. The molecule has 1 aliphatic rings. The number of rotatable bonds is 3. The molecule has 0 saturated heterocycles. The number of alkyl halides is 1. The molecule has 1 aliphatic carbocycles. The third kappa shape index (κ3) is 3.09. The first-order chi connectivity index (χ1) is 8.56. The summed E-state index contributed by atoms with van der Waals surface area (Å²) in [5.74, 6) is 0.515. The summed E-state index contributed by atoms with van der Waals surface area (Å²) >= 11 is 11.0. The molecule has 1 aromatic rings. The topological polar surface area (TPSA) is 29.1 Å².